The van der Waals surface area contributed by atoms with Crippen LogP contribution in [0.5, 0.6) is 0 Å². The van der Waals surface area contributed by atoms with Crippen LogP contribution in [0.25, 0.3) is 0 Å². The minimum Gasteiger partial charge on any atom is -0.389 e. The summed E-state index contributed by atoms with van der Waals surface area (Å²) in [6.07, 6.45) is 1.02. The Bertz CT molecular complexity index is 463. The SMILES string of the molecule is CN(CC(C)(C)O)C(=O)c1ccc2c(c1)NCC2. The predicted molar refractivity (Wildman–Crippen MR) is 71.9 cm³/mol. The van der Waals surface area contributed by atoms with E-state index in [1.165, 1.54) is 5.56 Å². The number of aliphatic hydroxyl groups is 1. The van der Waals surface area contributed by atoms with Crippen LogP contribution in [0.3, 0.4) is 0 Å². The zero-order valence-corrected chi connectivity index (χ0v) is 11.2. The minimum atomic E-state index is -0.876. The van der Waals surface area contributed by atoms with Gasteiger partial charge in [-0.1, -0.05) is 6.07 Å². The highest BCUT2D eigenvalue weighted by Crippen LogP contribution is 2.23. The number of nitrogens with one attached hydrogen (secondary N) is 1. The molecule has 1 aromatic carbocycles. The molecule has 98 valence electrons. The van der Waals surface area contributed by atoms with Gasteiger partial charge in [0.2, 0.25) is 0 Å². The molecule has 0 saturated carbocycles. The summed E-state index contributed by atoms with van der Waals surface area (Å²) in [5.74, 6) is -0.0615. The maximum Gasteiger partial charge on any atom is 0.253 e. The van der Waals surface area contributed by atoms with Crippen molar-refractivity contribution in [2.45, 2.75) is 25.9 Å². The third-order valence-electron chi connectivity index (χ3n) is 3.04. The molecule has 1 heterocycles. The zero-order valence-electron chi connectivity index (χ0n) is 11.2. The van der Waals surface area contributed by atoms with Gasteiger partial charge in [-0.05, 0) is 38.0 Å². The van der Waals surface area contributed by atoms with Crippen LogP contribution in [0.1, 0.15) is 29.8 Å². The molecule has 0 radical (unpaired) electrons. The van der Waals surface area contributed by atoms with Crippen molar-refractivity contribution >= 4 is 11.6 Å². The van der Waals surface area contributed by atoms with Gasteiger partial charge in [0, 0.05) is 31.4 Å². The fourth-order valence-electron chi connectivity index (χ4n) is 2.30. The second kappa shape index (κ2) is 4.61. The lowest BCUT2D eigenvalue weighted by Crippen LogP contribution is -2.39. The summed E-state index contributed by atoms with van der Waals surface area (Å²) in [5, 5.41) is 13.0. The number of carbonyl (C=O) groups excluding carboxylic acids is 1. The predicted octanol–water partition coefficient (Wildman–Crippen LogP) is 1.50. The summed E-state index contributed by atoms with van der Waals surface area (Å²) >= 11 is 0. The Hall–Kier alpha value is -1.55. The molecule has 0 aromatic heterocycles. The lowest BCUT2D eigenvalue weighted by Gasteiger charge is -2.25. The summed E-state index contributed by atoms with van der Waals surface area (Å²) in [7, 11) is 1.71. The van der Waals surface area contributed by atoms with Gasteiger partial charge in [0.05, 0.1) is 5.60 Å². The Labute approximate surface area is 108 Å². The van der Waals surface area contributed by atoms with Gasteiger partial charge in [-0.2, -0.15) is 0 Å². The monoisotopic (exact) mass is 248 g/mol. The normalized spacial score (nSPS) is 14.0. The number of rotatable bonds is 3. The van der Waals surface area contributed by atoms with E-state index in [4.69, 9.17) is 0 Å². The summed E-state index contributed by atoms with van der Waals surface area (Å²) in [6, 6.07) is 5.75. The van der Waals surface area contributed by atoms with Crippen molar-refractivity contribution in [2.24, 2.45) is 0 Å². The van der Waals surface area contributed by atoms with E-state index in [0.717, 1.165) is 18.7 Å². The molecule has 2 rings (SSSR count). The van der Waals surface area contributed by atoms with Gasteiger partial charge < -0.3 is 15.3 Å². The van der Waals surface area contributed by atoms with Gasteiger partial charge in [-0.15, -0.1) is 0 Å². The molecule has 0 saturated heterocycles. The highest BCUT2D eigenvalue weighted by molar-refractivity contribution is 5.95. The quantitative estimate of drug-likeness (QED) is 0.852. The summed E-state index contributed by atoms with van der Waals surface area (Å²) in [6.45, 7) is 4.64. The minimum absolute atomic E-state index is 0.0615. The molecular weight excluding hydrogens is 228 g/mol. The van der Waals surface area contributed by atoms with Crippen LogP contribution in [0.15, 0.2) is 18.2 Å². The van der Waals surface area contributed by atoms with Gasteiger partial charge in [0.15, 0.2) is 0 Å². The number of fused-ring (bicyclic) bond motifs is 1. The molecule has 2 N–H and O–H groups in total. The van der Waals surface area contributed by atoms with Crippen LogP contribution in [0.4, 0.5) is 5.69 Å². The number of hydrogen-bond donors (Lipinski definition) is 2. The molecule has 0 bridgehead atoms. The number of anilines is 1. The van der Waals surface area contributed by atoms with Crippen molar-refractivity contribution in [1.29, 1.82) is 0 Å². The standard InChI is InChI=1S/C14H20N2O2/c1-14(2,18)9-16(3)13(17)11-5-4-10-6-7-15-12(10)8-11/h4-5,8,15,18H,6-7,9H2,1-3H3. The van der Waals surface area contributed by atoms with E-state index in [-0.39, 0.29) is 5.91 Å². The number of nitrogens with zero attached hydrogens (tertiary/aromatic N) is 1. The number of amides is 1. The van der Waals surface area contributed by atoms with Crippen molar-refractivity contribution in [3.63, 3.8) is 0 Å². The number of hydrogen-bond acceptors (Lipinski definition) is 3. The van der Waals surface area contributed by atoms with E-state index in [2.05, 4.69) is 5.32 Å². The Morgan fingerprint density at radius 2 is 2.22 bits per heavy atom. The fourth-order valence-corrected chi connectivity index (χ4v) is 2.30. The van der Waals surface area contributed by atoms with Crippen LogP contribution in [0, 0.1) is 0 Å². The number of likely N-dealkylation sites (N-methyl/N-ethyl adjacent to an activating group) is 1. The highest BCUT2D eigenvalue weighted by atomic mass is 16.3. The van der Waals surface area contributed by atoms with Crippen LogP contribution < -0.4 is 5.32 Å². The van der Waals surface area contributed by atoms with E-state index >= 15 is 0 Å². The van der Waals surface area contributed by atoms with E-state index in [9.17, 15) is 9.90 Å². The number of carbonyl (C=O) groups is 1. The molecule has 4 heteroatoms. The first-order valence-electron chi connectivity index (χ1n) is 6.21. The van der Waals surface area contributed by atoms with Gasteiger partial charge in [0.25, 0.3) is 5.91 Å². The van der Waals surface area contributed by atoms with Crippen molar-refractivity contribution in [3.05, 3.63) is 29.3 Å². The largest absolute Gasteiger partial charge is 0.389 e. The molecule has 0 aliphatic carbocycles. The molecule has 0 unspecified atom stereocenters. The number of benzene rings is 1. The van der Waals surface area contributed by atoms with Crippen molar-refractivity contribution < 1.29 is 9.90 Å². The van der Waals surface area contributed by atoms with E-state index in [0.29, 0.717) is 12.1 Å². The average molecular weight is 248 g/mol. The molecule has 0 fully saturated rings. The smallest absolute Gasteiger partial charge is 0.253 e. The molecule has 4 nitrogen and oxygen atoms in total. The van der Waals surface area contributed by atoms with Crippen LogP contribution >= 0.6 is 0 Å². The Kier molecular flexibility index (Phi) is 3.30. The van der Waals surface area contributed by atoms with Gasteiger partial charge in [-0.25, -0.2) is 0 Å². The molecule has 1 aromatic rings. The van der Waals surface area contributed by atoms with Crippen LogP contribution in [-0.4, -0.2) is 41.7 Å². The van der Waals surface area contributed by atoms with Crippen LogP contribution in [-0.2, 0) is 6.42 Å². The van der Waals surface area contributed by atoms with Crippen molar-refractivity contribution in [3.8, 4) is 0 Å². The van der Waals surface area contributed by atoms with Gasteiger partial charge in [0.1, 0.15) is 0 Å². The lowest BCUT2D eigenvalue weighted by atomic mass is 10.1. The molecule has 0 spiro atoms. The summed E-state index contributed by atoms with van der Waals surface area (Å²) in [5.41, 5.74) is 2.10. The summed E-state index contributed by atoms with van der Waals surface area (Å²) < 4.78 is 0. The Balaban J connectivity index is 2.14. The molecular formula is C14H20N2O2. The second-order valence-corrected chi connectivity index (χ2v) is 5.52. The fraction of sp³-hybridized carbons (Fsp3) is 0.500. The van der Waals surface area contributed by atoms with Crippen molar-refractivity contribution in [2.75, 3.05) is 25.5 Å². The van der Waals surface area contributed by atoms with E-state index in [1.54, 1.807) is 25.8 Å². The first-order valence-corrected chi connectivity index (χ1v) is 6.21. The zero-order chi connectivity index (χ0) is 13.3. The molecule has 0 atom stereocenters. The third kappa shape index (κ3) is 2.82. The topological polar surface area (TPSA) is 52.6 Å². The average Bonchev–Trinajstić information content (AvgIpc) is 2.72. The summed E-state index contributed by atoms with van der Waals surface area (Å²) in [4.78, 5) is 13.8. The highest BCUT2D eigenvalue weighted by Gasteiger charge is 2.21. The van der Waals surface area contributed by atoms with E-state index in [1.807, 2.05) is 18.2 Å². The van der Waals surface area contributed by atoms with Gasteiger partial charge in [-0.3, -0.25) is 4.79 Å². The lowest BCUT2D eigenvalue weighted by molar-refractivity contribution is 0.0368. The Morgan fingerprint density at radius 3 is 2.89 bits per heavy atom. The molecule has 18 heavy (non-hydrogen) atoms. The Morgan fingerprint density at radius 1 is 1.50 bits per heavy atom. The first kappa shape index (κ1) is 12.9. The van der Waals surface area contributed by atoms with Crippen molar-refractivity contribution in [1.82, 2.24) is 4.90 Å². The van der Waals surface area contributed by atoms with E-state index < -0.39 is 5.60 Å². The molecule has 1 aliphatic rings. The molecule has 1 aliphatic heterocycles. The second-order valence-electron chi connectivity index (χ2n) is 5.52. The maximum atomic E-state index is 12.2. The van der Waals surface area contributed by atoms with Crippen LogP contribution in [0.2, 0.25) is 0 Å². The maximum absolute atomic E-state index is 12.2. The van der Waals surface area contributed by atoms with Gasteiger partial charge >= 0.3 is 0 Å². The third-order valence-corrected chi connectivity index (χ3v) is 3.04. The first-order chi connectivity index (χ1) is 8.37. The molecule has 1 amide bonds.